The molecule has 0 aliphatic carbocycles. The van der Waals surface area contributed by atoms with Crippen LogP contribution in [0.1, 0.15) is 19.4 Å². The van der Waals surface area contributed by atoms with Crippen molar-refractivity contribution >= 4 is 0 Å². The Balaban J connectivity index is 2.07. The van der Waals surface area contributed by atoms with Crippen molar-refractivity contribution in [3.63, 3.8) is 0 Å². The highest BCUT2D eigenvalue weighted by Crippen LogP contribution is 2.24. The summed E-state index contributed by atoms with van der Waals surface area (Å²) in [7, 11) is 0. The molecule has 3 nitrogen and oxygen atoms in total. The molecule has 0 radical (unpaired) electrons. The number of rotatable bonds is 4. The quantitative estimate of drug-likeness (QED) is 0.918. The highest BCUT2D eigenvalue weighted by Gasteiger charge is 2.35. The molecule has 1 fully saturated rings. The average Bonchev–Trinajstić information content (AvgIpc) is 2.42. The maximum Gasteiger partial charge on any atom is 0.129 e. The molecule has 0 amide bonds. The fourth-order valence-electron chi connectivity index (χ4n) is 2.50. The Hall–Kier alpha value is -1.04. The summed E-state index contributed by atoms with van der Waals surface area (Å²) in [5.41, 5.74) is -0.148. The van der Waals surface area contributed by atoms with Crippen LogP contribution in [0, 0.1) is 11.6 Å². The van der Waals surface area contributed by atoms with Gasteiger partial charge in [0.05, 0.1) is 19.3 Å². The zero-order valence-electron chi connectivity index (χ0n) is 11.9. The maximum atomic E-state index is 13.7. The molecular formula is C15H21F2NO2. The van der Waals surface area contributed by atoms with Crippen LogP contribution in [0.4, 0.5) is 8.78 Å². The maximum absolute atomic E-state index is 13.7. The van der Waals surface area contributed by atoms with Crippen LogP contribution < -0.4 is 0 Å². The predicted octanol–water partition coefficient (Wildman–Crippen LogP) is 1.98. The zero-order chi connectivity index (χ0) is 14.8. The molecule has 112 valence electrons. The number of hydrogen-bond donors (Lipinski definition) is 1. The van der Waals surface area contributed by atoms with Gasteiger partial charge in [-0.2, -0.15) is 0 Å². The fourth-order valence-corrected chi connectivity index (χ4v) is 2.50. The standard InChI is InChI=1S/C15H21F2NO2/c1-15(2,18-5-7-20-8-6-18)14(19)9-11-3-4-12(16)10-13(11)17/h3-4,10,14,19H,5-9H2,1-2H3. The number of ether oxygens (including phenoxy) is 1. The number of aliphatic hydroxyl groups excluding tert-OH is 1. The van der Waals surface area contributed by atoms with Crippen LogP contribution in [0.3, 0.4) is 0 Å². The van der Waals surface area contributed by atoms with E-state index in [9.17, 15) is 13.9 Å². The minimum absolute atomic E-state index is 0.163. The van der Waals surface area contributed by atoms with E-state index >= 15 is 0 Å². The van der Waals surface area contributed by atoms with Crippen LogP contribution >= 0.6 is 0 Å². The lowest BCUT2D eigenvalue weighted by Crippen LogP contribution is -2.56. The topological polar surface area (TPSA) is 32.7 Å². The molecule has 20 heavy (non-hydrogen) atoms. The third-order valence-electron chi connectivity index (χ3n) is 4.07. The molecule has 1 atom stereocenters. The Morgan fingerprint density at radius 1 is 1.30 bits per heavy atom. The number of morpholine rings is 1. The molecule has 1 aromatic carbocycles. The second-order valence-electron chi connectivity index (χ2n) is 5.71. The molecule has 1 unspecified atom stereocenters. The van der Waals surface area contributed by atoms with Crippen molar-refractivity contribution in [3.8, 4) is 0 Å². The van der Waals surface area contributed by atoms with Crippen LogP contribution in [0.2, 0.25) is 0 Å². The third-order valence-corrected chi connectivity index (χ3v) is 4.07. The average molecular weight is 285 g/mol. The molecule has 1 aliphatic heterocycles. The van der Waals surface area contributed by atoms with Crippen LogP contribution in [0.25, 0.3) is 0 Å². The Kier molecular flexibility index (Phi) is 4.73. The Morgan fingerprint density at radius 3 is 2.55 bits per heavy atom. The molecule has 0 saturated carbocycles. The first-order chi connectivity index (χ1) is 9.41. The molecule has 1 aliphatic rings. The van der Waals surface area contributed by atoms with E-state index in [-0.39, 0.29) is 6.42 Å². The van der Waals surface area contributed by atoms with E-state index in [4.69, 9.17) is 4.74 Å². The van der Waals surface area contributed by atoms with Gasteiger partial charge in [0.25, 0.3) is 0 Å². The molecule has 5 heteroatoms. The molecule has 1 saturated heterocycles. The van der Waals surface area contributed by atoms with E-state index in [1.807, 2.05) is 13.8 Å². The molecule has 2 rings (SSSR count). The van der Waals surface area contributed by atoms with Crippen molar-refractivity contribution < 1.29 is 18.6 Å². The van der Waals surface area contributed by atoms with Crippen molar-refractivity contribution in [2.75, 3.05) is 26.3 Å². The lowest BCUT2D eigenvalue weighted by Gasteiger charge is -2.43. The minimum atomic E-state index is -0.736. The largest absolute Gasteiger partial charge is 0.391 e. The number of benzene rings is 1. The molecule has 0 spiro atoms. The van der Waals surface area contributed by atoms with Crippen molar-refractivity contribution in [1.29, 1.82) is 0 Å². The molecule has 1 heterocycles. The van der Waals surface area contributed by atoms with Gasteiger partial charge in [0.2, 0.25) is 0 Å². The summed E-state index contributed by atoms with van der Waals surface area (Å²) in [6.45, 7) is 6.64. The number of nitrogens with zero attached hydrogens (tertiary/aromatic N) is 1. The van der Waals surface area contributed by atoms with E-state index < -0.39 is 23.3 Å². The predicted molar refractivity (Wildman–Crippen MR) is 72.5 cm³/mol. The van der Waals surface area contributed by atoms with E-state index in [1.165, 1.54) is 12.1 Å². The molecule has 0 bridgehead atoms. The van der Waals surface area contributed by atoms with E-state index in [2.05, 4.69) is 4.90 Å². The highest BCUT2D eigenvalue weighted by atomic mass is 19.1. The van der Waals surface area contributed by atoms with E-state index in [1.54, 1.807) is 0 Å². The number of halogens is 2. The molecule has 0 aromatic heterocycles. The highest BCUT2D eigenvalue weighted by molar-refractivity contribution is 5.20. The summed E-state index contributed by atoms with van der Waals surface area (Å²) in [6.07, 6.45) is -0.572. The monoisotopic (exact) mass is 285 g/mol. The second kappa shape index (κ2) is 6.16. The Morgan fingerprint density at radius 2 is 1.95 bits per heavy atom. The van der Waals surface area contributed by atoms with Gasteiger partial charge < -0.3 is 9.84 Å². The zero-order valence-corrected chi connectivity index (χ0v) is 11.9. The summed E-state index contributed by atoms with van der Waals surface area (Å²) < 4.78 is 31.8. The van der Waals surface area contributed by atoms with Gasteiger partial charge in [-0.1, -0.05) is 6.07 Å². The number of aliphatic hydroxyl groups is 1. The summed E-state index contributed by atoms with van der Waals surface area (Å²) >= 11 is 0. The first-order valence-electron chi connectivity index (χ1n) is 6.86. The van der Waals surface area contributed by atoms with Crippen LogP contribution in [0.15, 0.2) is 18.2 Å². The van der Waals surface area contributed by atoms with Crippen molar-refractivity contribution in [1.82, 2.24) is 4.90 Å². The summed E-state index contributed by atoms with van der Waals surface area (Å²) in [5.74, 6) is -1.21. The first kappa shape index (κ1) is 15.4. The smallest absolute Gasteiger partial charge is 0.129 e. The first-order valence-corrected chi connectivity index (χ1v) is 6.86. The molecule has 1 N–H and O–H groups in total. The van der Waals surface area contributed by atoms with Gasteiger partial charge in [0, 0.05) is 31.1 Å². The number of hydrogen-bond acceptors (Lipinski definition) is 3. The van der Waals surface area contributed by atoms with Crippen molar-refractivity contribution in [3.05, 3.63) is 35.4 Å². The third kappa shape index (κ3) is 3.34. The Bertz CT molecular complexity index is 459. The van der Waals surface area contributed by atoms with Gasteiger partial charge >= 0.3 is 0 Å². The lowest BCUT2D eigenvalue weighted by molar-refractivity contribution is -0.0613. The second-order valence-corrected chi connectivity index (χ2v) is 5.71. The summed E-state index contributed by atoms with van der Waals surface area (Å²) in [5, 5.41) is 10.4. The van der Waals surface area contributed by atoms with Crippen LogP contribution in [-0.4, -0.2) is 48.0 Å². The molecule has 1 aromatic rings. The van der Waals surface area contributed by atoms with Gasteiger partial charge in [-0.3, -0.25) is 4.90 Å². The van der Waals surface area contributed by atoms with E-state index in [0.717, 1.165) is 19.2 Å². The van der Waals surface area contributed by atoms with Gasteiger partial charge in [-0.15, -0.1) is 0 Å². The Labute approximate surface area is 118 Å². The van der Waals surface area contributed by atoms with Crippen molar-refractivity contribution in [2.45, 2.75) is 31.9 Å². The van der Waals surface area contributed by atoms with Crippen molar-refractivity contribution in [2.24, 2.45) is 0 Å². The normalized spacial score (nSPS) is 19.1. The van der Waals surface area contributed by atoms with E-state index in [0.29, 0.717) is 18.8 Å². The minimum Gasteiger partial charge on any atom is -0.391 e. The fraction of sp³-hybridized carbons (Fsp3) is 0.600. The van der Waals surface area contributed by atoms with Gasteiger partial charge in [-0.25, -0.2) is 8.78 Å². The van der Waals surface area contributed by atoms with Gasteiger partial charge in [0.15, 0.2) is 0 Å². The summed E-state index contributed by atoms with van der Waals surface area (Å²) in [4.78, 5) is 2.14. The van der Waals surface area contributed by atoms with Gasteiger partial charge in [-0.05, 0) is 25.5 Å². The molecular weight excluding hydrogens is 264 g/mol. The lowest BCUT2D eigenvalue weighted by atomic mass is 9.89. The summed E-state index contributed by atoms with van der Waals surface area (Å²) in [6, 6.07) is 3.46. The SMILES string of the molecule is CC(C)(C(O)Cc1ccc(F)cc1F)N1CCOCC1. The van der Waals surface area contributed by atoms with Gasteiger partial charge in [0.1, 0.15) is 11.6 Å². The van der Waals surface area contributed by atoms with Crippen LogP contribution in [0.5, 0.6) is 0 Å². The van der Waals surface area contributed by atoms with Crippen LogP contribution in [-0.2, 0) is 11.2 Å².